The van der Waals surface area contributed by atoms with Crippen LogP contribution in [0, 0.1) is 0 Å². The fourth-order valence-corrected chi connectivity index (χ4v) is 3.04. The van der Waals surface area contributed by atoms with Gasteiger partial charge in [-0.3, -0.25) is 4.79 Å². The largest absolute Gasteiger partial charge is 0.464 e. The van der Waals surface area contributed by atoms with Crippen LogP contribution in [0.3, 0.4) is 0 Å². The van der Waals surface area contributed by atoms with Crippen molar-refractivity contribution in [3.8, 4) is 0 Å². The number of likely N-dealkylation sites (N-methyl/N-ethyl adjacent to an activating group) is 1. The summed E-state index contributed by atoms with van der Waals surface area (Å²) in [6, 6.07) is 5.53. The number of halogens is 1. The number of esters is 1. The van der Waals surface area contributed by atoms with Gasteiger partial charge in [0.2, 0.25) is 5.91 Å². The van der Waals surface area contributed by atoms with Crippen LogP contribution in [-0.4, -0.2) is 49.6 Å². The lowest BCUT2D eigenvalue weighted by Gasteiger charge is -2.27. The number of rotatable bonds is 6. The van der Waals surface area contributed by atoms with E-state index >= 15 is 0 Å². The smallest absolute Gasteiger partial charge is 0.332 e. The molecule has 5 nitrogen and oxygen atoms in total. The molecular weight excluding hydrogens is 328 g/mol. The highest BCUT2D eigenvalue weighted by atomic mass is 35.5. The minimum absolute atomic E-state index is 0.268. The second-order valence-electron chi connectivity index (χ2n) is 6.22. The topological polar surface area (TPSA) is 58.6 Å². The fourth-order valence-electron chi connectivity index (χ4n) is 2.85. The Hall–Kier alpha value is -1.85. The molecular formula is C18H23ClN2O3. The lowest BCUT2D eigenvalue weighted by Crippen LogP contribution is -2.56. The molecule has 2 rings (SSSR count). The van der Waals surface area contributed by atoms with Crippen LogP contribution < -0.4 is 5.32 Å². The lowest BCUT2D eigenvalue weighted by atomic mass is 9.95. The van der Waals surface area contributed by atoms with Crippen LogP contribution in [0.4, 0.5) is 0 Å². The molecule has 0 heterocycles. The molecule has 0 spiro atoms. The van der Waals surface area contributed by atoms with Crippen LogP contribution in [0.15, 0.2) is 30.4 Å². The van der Waals surface area contributed by atoms with Crippen LogP contribution in [-0.2, 0) is 27.2 Å². The summed E-state index contributed by atoms with van der Waals surface area (Å²) < 4.78 is 5.22. The van der Waals surface area contributed by atoms with E-state index in [2.05, 4.69) is 5.32 Å². The zero-order valence-electron chi connectivity index (χ0n) is 14.3. The third kappa shape index (κ3) is 4.36. The summed E-state index contributed by atoms with van der Waals surface area (Å²) in [6.45, 7) is 2.67. The van der Waals surface area contributed by atoms with Crippen LogP contribution in [0.5, 0.6) is 0 Å². The van der Waals surface area contributed by atoms with Gasteiger partial charge >= 0.3 is 5.97 Å². The highest BCUT2D eigenvalue weighted by Crippen LogP contribution is 2.33. The van der Waals surface area contributed by atoms with Crippen LogP contribution >= 0.6 is 11.6 Å². The third-order valence-corrected chi connectivity index (χ3v) is 4.16. The Balaban J connectivity index is 2.19. The van der Waals surface area contributed by atoms with Crippen molar-refractivity contribution in [2.75, 3.05) is 27.2 Å². The van der Waals surface area contributed by atoms with Crippen molar-refractivity contribution < 1.29 is 14.3 Å². The second kappa shape index (κ2) is 7.81. The number of ether oxygens (including phenoxy) is 1. The summed E-state index contributed by atoms with van der Waals surface area (Å²) in [4.78, 5) is 26.7. The van der Waals surface area contributed by atoms with Crippen molar-refractivity contribution in [2.24, 2.45) is 0 Å². The Morgan fingerprint density at radius 1 is 1.33 bits per heavy atom. The van der Waals surface area contributed by atoms with Gasteiger partial charge in [-0.25, -0.2) is 4.79 Å². The number of nitrogens with zero attached hydrogens (tertiary/aromatic N) is 1. The molecule has 130 valence electrons. The maximum Gasteiger partial charge on any atom is 0.332 e. The van der Waals surface area contributed by atoms with Gasteiger partial charge in [0.15, 0.2) is 0 Å². The van der Waals surface area contributed by atoms with Gasteiger partial charge in [0.05, 0.1) is 6.61 Å². The predicted molar refractivity (Wildman–Crippen MR) is 94.1 cm³/mol. The average Bonchev–Trinajstić information content (AvgIpc) is 2.85. The maximum atomic E-state index is 12.5. The number of carbonyl (C=O) groups is 2. The van der Waals surface area contributed by atoms with E-state index in [1.54, 1.807) is 19.1 Å². The van der Waals surface area contributed by atoms with Gasteiger partial charge in [-0.15, -0.1) is 0 Å². The van der Waals surface area contributed by atoms with Gasteiger partial charge < -0.3 is 15.0 Å². The summed E-state index contributed by atoms with van der Waals surface area (Å²) in [5.74, 6) is -0.713. The Morgan fingerprint density at radius 2 is 2.04 bits per heavy atom. The van der Waals surface area contributed by atoms with Crippen molar-refractivity contribution in [2.45, 2.75) is 25.3 Å². The zero-order chi connectivity index (χ0) is 17.7. The van der Waals surface area contributed by atoms with E-state index < -0.39 is 11.5 Å². The van der Waals surface area contributed by atoms with E-state index in [1.165, 1.54) is 6.08 Å². The predicted octanol–water partition coefficient (Wildman–Crippen LogP) is 1.97. The van der Waals surface area contributed by atoms with Crippen molar-refractivity contribution >= 4 is 23.5 Å². The van der Waals surface area contributed by atoms with E-state index in [0.717, 1.165) is 11.1 Å². The Bertz CT molecular complexity index is 658. The molecule has 0 radical (unpaired) electrons. The average molecular weight is 351 g/mol. The molecule has 1 aliphatic carbocycles. The summed E-state index contributed by atoms with van der Waals surface area (Å²) in [7, 11) is 3.83. The van der Waals surface area contributed by atoms with Gasteiger partial charge in [0, 0.05) is 30.5 Å². The lowest BCUT2D eigenvalue weighted by molar-refractivity contribution is -0.152. The molecule has 1 amide bonds. The van der Waals surface area contributed by atoms with E-state index in [9.17, 15) is 9.59 Å². The monoisotopic (exact) mass is 350 g/mol. The van der Waals surface area contributed by atoms with Crippen LogP contribution in [0.2, 0.25) is 5.02 Å². The highest BCUT2D eigenvalue weighted by molar-refractivity contribution is 6.30. The third-order valence-electron chi connectivity index (χ3n) is 3.92. The summed E-state index contributed by atoms with van der Waals surface area (Å²) >= 11 is 6.04. The highest BCUT2D eigenvalue weighted by Gasteiger charge is 2.46. The van der Waals surface area contributed by atoms with Crippen molar-refractivity contribution in [1.82, 2.24) is 10.2 Å². The first-order chi connectivity index (χ1) is 11.4. The molecule has 0 aromatic heterocycles. The number of nitrogens with one attached hydrogen (secondary N) is 1. The molecule has 24 heavy (non-hydrogen) atoms. The number of carbonyl (C=O) groups excluding carboxylic acids is 2. The standard InChI is InChI=1S/C18H23ClN2O3/c1-4-24-17(23)18(20-16(22)6-5-9-21(2)3)11-13-7-8-15(19)10-14(13)12-18/h5-8,10H,4,9,11-12H2,1-3H3,(H,20,22)/b6-5+. The van der Waals surface area contributed by atoms with Crippen molar-refractivity contribution in [3.63, 3.8) is 0 Å². The van der Waals surface area contributed by atoms with Gasteiger partial charge in [-0.05, 0) is 44.3 Å². The Morgan fingerprint density at radius 3 is 2.71 bits per heavy atom. The van der Waals surface area contributed by atoms with Crippen LogP contribution in [0.1, 0.15) is 18.1 Å². The minimum atomic E-state index is -1.07. The molecule has 1 aliphatic rings. The first kappa shape index (κ1) is 18.5. The number of amides is 1. The SMILES string of the molecule is CCOC(=O)C1(NC(=O)/C=C/CN(C)C)Cc2ccc(Cl)cc2C1. The summed E-state index contributed by atoms with van der Waals surface area (Å²) in [5.41, 5.74) is 0.904. The van der Waals surface area contributed by atoms with E-state index in [-0.39, 0.29) is 12.5 Å². The fraction of sp³-hybridized carbons (Fsp3) is 0.444. The molecule has 1 unspecified atom stereocenters. The number of benzene rings is 1. The molecule has 1 N–H and O–H groups in total. The van der Waals surface area contributed by atoms with Gasteiger partial charge in [0.1, 0.15) is 5.54 Å². The summed E-state index contributed by atoms with van der Waals surface area (Å²) in [5, 5.41) is 3.47. The molecule has 0 aliphatic heterocycles. The second-order valence-corrected chi connectivity index (χ2v) is 6.66. The van der Waals surface area contributed by atoms with Gasteiger partial charge in [0.25, 0.3) is 0 Å². The van der Waals surface area contributed by atoms with Gasteiger partial charge in [-0.1, -0.05) is 23.7 Å². The molecule has 0 fully saturated rings. The molecule has 0 saturated carbocycles. The van der Waals surface area contributed by atoms with E-state index in [1.807, 2.05) is 31.1 Å². The number of hydrogen-bond donors (Lipinski definition) is 1. The van der Waals surface area contributed by atoms with E-state index in [4.69, 9.17) is 16.3 Å². The number of hydrogen-bond acceptors (Lipinski definition) is 4. The normalized spacial score (nSPS) is 19.5. The molecule has 1 aromatic rings. The van der Waals surface area contributed by atoms with E-state index in [0.29, 0.717) is 24.4 Å². The van der Waals surface area contributed by atoms with Crippen molar-refractivity contribution in [3.05, 3.63) is 46.5 Å². The van der Waals surface area contributed by atoms with Gasteiger partial charge in [-0.2, -0.15) is 0 Å². The Kier molecular flexibility index (Phi) is 6.02. The number of fused-ring (bicyclic) bond motifs is 1. The molecule has 0 saturated heterocycles. The van der Waals surface area contributed by atoms with Crippen molar-refractivity contribution in [1.29, 1.82) is 0 Å². The van der Waals surface area contributed by atoms with Crippen LogP contribution in [0.25, 0.3) is 0 Å². The zero-order valence-corrected chi connectivity index (χ0v) is 15.0. The first-order valence-corrected chi connectivity index (χ1v) is 8.32. The molecule has 1 aromatic carbocycles. The molecule has 0 bridgehead atoms. The maximum absolute atomic E-state index is 12.5. The Labute approximate surface area is 147 Å². The minimum Gasteiger partial charge on any atom is -0.464 e. The quantitative estimate of drug-likeness (QED) is 0.629. The molecule has 1 atom stereocenters. The first-order valence-electron chi connectivity index (χ1n) is 7.94. The summed E-state index contributed by atoms with van der Waals surface area (Å²) in [6.07, 6.45) is 4.00. The molecule has 6 heteroatoms.